The van der Waals surface area contributed by atoms with Gasteiger partial charge in [-0.15, -0.1) is 0 Å². The predicted molar refractivity (Wildman–Crippen MR) is 70.7 cm³/mol. The smallest absolute Gasteiger partial charge is 0.307 e. The van der Waals surface area contributed by atoms with Crippen LogP contribution in [0.25, 0.3) is 0 Å². The lowest BCUT2D eigenvalue weighted by atomic mass is 10.1. The summed E-state index contributed by atoms with van der Waals surface area (Å²) in [6, 6.07) is 0. The van der Waals surface area contributed by atoms with Gasteiger partial charge in [0.25, 0.3) is 0 Å². The molecule has 1 atom stereocenters. The first-order valence-electron chi connectivity index (χ1n) is 5.98. The van der Waals surface area contributed by atoms with E-state index in [0.717, 1.165) is 17.8 Å². The highest BCUT2D eigenvalue weighted by Gasteiger charge is 2.18. The minimum Gasteiger partial charge on any atom is -0.481 e. The fourth-order valence-corrected chi connectivity index (χ4v) is 2.21. The molecule has 0 aliphatic carbocycles. The van der Waals surface area contributed by atoms with Crippen molar-refractivity contribution >= 4 is 17.6 Å². The van der Waals surface area contributed by atoms with Crippen LogP contribution in [0.2, 0.25) is 5.02 Å². The maximum Gasteiger partial charge on any atom is 0.307 e. The second kappa shape index (κ2) is 6.20. The van der Waals surface area contributed by atoms with Gasteiger partial charge in [-0.3, -0.25) is 14.4 Å². The van der Waals surface area contributed by atoms with E-state index in [1.165, 1.54) is 0 Å². The average Bonchev–Trinajstić information content (AvgIpc) is 2.56. The molecule has 1 heterocycles. The molecule has 0 saturated carbocycles. The number of hydrogen-bond donors (Lipinski definition) is 1. The van der Waals surface area contributed by atoms with Gasteiger partial charge in [0.05, 0.1) is 22.3 Å². The number of carboxylic acids is 1. The molecule has 0 saturated heterocycles. The zero-order chi connectivity index (χ0) is 13.9. The number of carbonyl (C=O) groups is 1. The molecule has 18 heavy (non-hydrogen) atoms. The molecule has 1 N–H and O–H groups in total. The fourth-order valence-electron chi connectivity index (χ4n) is 1.86. The number of aromatic nitrogens is 2. The van der Waals surface area contributed by atoms with Gasteiger partial charge in [-0.1, -0.05) is 25.4 Å². The number of rotatable bonds is 6. The molecular formula is C12H20ClN3O2. The monoisotopic (exact) mass is 273 g/mol. The highest BCUT2D eigenvalue weighted by molar-refractivity contribution is 6.31. The molecule has 0 amide bonds. The van der Waals surface area contributed by atoms with Gasteiger partial charge >= 0.3 is 5.97 Å². The lowest BCUT2D eigenvalue weighted by molar-refractivity contribution is -0.141. The number of nitrogens with zero attached hydrogens (tertiary/aromatic N) is 3. The zero-order valence-corrected chi connectivity index (χ0v) is 12.0. The lowest BCUT2D eigenvalue weighted by Crippen LogP contribution is -2.29. The first kappa shape index (κ1) is 15.0. The Hall–Kier alpha value is -1.07. The summed E-state index contributed by atoms with van der Waals surface area (Å²) >= 11 is 6.25. The molecule has 0 aromatic carbocycles. The summed E-state index contributed by atoms with van der Waals surface area (Å²) in [7, 11) is 3.74. The lowest BCUT2D eigenvalue weighted by Gasteiger charge is -2.19. The highest BCUT2D eigenvalue weighted by atomic mass is 35.5. The second-order valence-corrected chi connectivity index (χ2v) is 5.00. The van der Waals surface area contributed by atoms with Crippen LogP contribution >= 0.6 is 11.6 Å². The second-order valence-electron chi connectivity index (χ2n) is 4.62. The Bertz CT molecular complexity index is 431. The van der Waals surface area contributed by atoms with Gasteiger partial charge in [0.2, 0.25) is 0 Å². The Morgan fingerprint density at radius 1 is 1.61 bits per heavy atom. The zero-order valence-electron chi connectivity index (χ0n) is 11.3. The van der Waals surface area contributed by atoms with E-state index in [1.54, 1.807) is 11.6 Å². The Morgan fingerprint density at radius 3 is 2.67 bits per heavy atom. The van der Waals surface area contributed by atoms with E-state index in [4.69, 9.17) is 16.7 Å². The first-order chi connectivity index (χ1) is 8.36. The minimum atomic E-state index is -0.785. The molecule has 5 nitrogen and oxygen atoms in total. The van der Waals surface area contributed by atoms with Crippen molar-refractivity contribution in [3.63, 3.8) is 0 Å². The first-order valence-corrected chi connectivity index (χ1v) is 6.36. The molecule has 0 spiro atoms. The van der Waals surface area contributed by atoms with Crippen molar-refractivity contribution in [3.05, 3.63) is 16.4 Å². The topological polar surface area (TPSA) is 58.4 Å². The van der Waals surface area contributed by atoms with E-state index in [0.29, 0.717) is 18.1 Å². The number of aryl methyl sites for hydroxylation is 2. The van der Waals surface area contributed by atoms with Crippen molar-refractivity contribution in [2.45, 2.75) is 26.8 Å². The Kier molecular flexibility index (Phi) is 5.16. The molecule has 0 aliphatic heterocycles. The van der Waals surface area contributed by atoms with E-state index in [2.05, 4.69) is 5.10 Å². The largest absolute Gasteiger partial charge is 0.481 e. The molecule has 1 aromatic rings. The van der Waals surface area contributed by atoms with Crippen molar-refractivity contribution < 1.29 is 9.90 Å². The summed E-state index contributed by atoms with van der Waals surface area (Å²) in [5.74, 6) is -1.18. The van der Waals surface area contributed by atoms with Gasteiger partial charge in [-0.25, -0.2) is 0 Å². The molecule has 0 bridgehead atoms. The number of hydrogen-bond acceptors (Lipinski definition) is 3. The predicted octanol–water partition coefficient (Wildman–Crippen LogP) is 1.79. The average molecular weight is 274 g/mol. The van der Waals surface area contributed by atoms with E-state index >= 15 is 0 Å². The molecule has 0 aliphatic rings. The summed E-state index contributed by atoms with van der Waals surface area (Å²) in [6.07, 6.45) is 0.794. The maximum atomic E-state index is 10.8. The SMILES string of the molecule is CCc1nn(C)c(CN(C)CC(C)C(=O)O)c1Cl. The third kappa shape index (κ3) is 3.46. The van der Waals surface area contributed by atoms with Crippen molar-refractivity contribution in [1.82, 2.24) is 14.7 Å². The van der Waals surface area contributed by atoms with E-state index in [9.17, 15) is 4.79 Å². The van der Waals surface area contributed by atoms with Gasteiger partial charge in [0, 0.05) is 20.1 Å². The third-order valence-corrected chi connectivity index (χ3v) is 3.37. The van der Waals surface area contributed by atoms with Crippen molar-refractivity contribution in [3.8, 4) is 0 Å². The Labute approximate surface area is 112 Å². The van der Waals surface area contributed by atoms with Crippen LogP contribution in [0.15, 0.2) is 0 Å². The molecule has 0 radical (unpaired) electrons. The number of aliphatic carboxylic acids is 1. The summed E-state index contributed by atoms with van der Waals surface area (Å²) in [5, 5.41) is 13.9. The summed E-state index contributed by atoms with van der Waals surface area (Å²) in [5.41, 5.74) is 1.81. The van der Waals surface area contributed by atoms with Gasteiger partial charge in [-0.05, 0) is 13.5 Å². The van der Waals surface area contributed by atoms with Crippen LogP contribution in [0.4, 0.5) is 0 Å². The standard InChI is InChI=1S/C12H20ClN3O2/c1-5-9-11(13)10(16(4)14-9)7-15(3)6-8(2)12(17)18/h8H,5-7H2,1-4H3,(H,17,18). The number of carboxylic acid groups (broad SMARTS) is 1. The molecular weight excluding hydrogens is 254 g/mol. The molecule has 1 unspecified atom stereocenters. The summed E-state index contributed by atoms with van der Waals surface area (Å²) in [6.45, 7) is 4.79. The molecule has 1 aromatic heterocycles. The molecule has 102 valence electrons. The fraction of sp³-hybridized carbons (Fsp3) is 0.667. The van der Waals surface area contributed by atoms with E-state index in [-0.39, 0.29) is 0 Å². The van der Waals surface area contributed by atoms with Crippen LogP contribution in [0.1, 0.15) is 25.2 Å². The van der Waals surface area contributed by atoms with Crippen molar-refractivity contribution in [2.75, 3.05) is 13.6 Å². The summed E-state index contributed by atoms with van der Waals surface area (Å²) in [4.78, 5) is 12.7. The molecule has 0 fully saturated rings. The Balaban J connectivity index is 2.73. The van der Waals surface area contributed by atoms with Crippen LogP contribution in [-0.2, 0) is 24.8 Å². The van der Waals surface area contributed by atoms with Gasteiger partial charge < -0.3 is 5.11 Å². The number of halogens is 1. The van der Waals surface area contributed by atoms with Crippen LogP contribution in [-0.4, -0.2) is 39.3 Å². The van der Waals surface area contributed by atoms with Crippen LogP contribution in [0.3, 0.4) is 0 Å². The maximum absolute atomic E-state index is 10.8. The molecule has 6 heteroatoms. The van der Waals surface area contributed by atoms with E-state index < -0.39 is 11.9 Å². The van der Waals surface area contributed by atoms with Gasteiger partial charge in [0.1, 0.15) is 0 Å². The third-order valence-electron chi connectivity index (χ3n) is 2.93. The summed E-state index contributed by atoms with van der Waals surface area (Å²) < 4.78 is 1.77. The van der Waals surface area contributed by atoms with Crippen LogP contribution in [0, 0.1) is 5.92 Å². The van der Waals surface area contributed by atoms with Crippen molar-refractivity contribution in [2.24, 2.45) is 13.0 Å². The normalized spacial score (nSPS) is 13.0. The Morgan fingerprint density at radius 2 is 2.22 bits per heavy atom. The van der Waals surface area contributed by atoms with E-state index in [1.807, 2.05) is 25.9 Å². The highest BCUT2D eigenvalue weighted by Crippen LogP contribution is 2.22. The quantitative estimate of drug-likeness (QED) is 0.858. The van der Waals surface area contributed by atoms with Gasteiger partial charge in [0.15, 0.2) is 0 Å². The minimum absolute atomic E-state index is 0.396. The van der Waals surface area contributed by atoms with Crippen LogP contribution < -0.4 is 0 Å². The molecule has 1 rings (SSSR count). The van der Waals surface area contributed by atoms with Crippen LogP contribution in [0.5, 0.6) is 0 Å². The van der Waals surface area contributed by atoms with Gasteiger partial charge in [-0.2, -0.15) is 5.10 Å². The van der Waals surface area contributed by atoms with Crippen molar-refractivity contribution in [1.29, 1.82) is 0 Å².